The van der Waals surface area contributed by atoms with Crippen molar-refractivity contribution in [3.63, 3.8) is 0 Å². The van der Waals surface area contributed by atoms with Crippen LogP contribution in [0.4, 0.5) is 10.1 Å². The van der Waals surface area contributed by atoms with Crippen molar-refractivity contribution in [2.24, 2.45) is 5.73 Å². The van der Waals surface area contributed by atoms with E-state index in [1.165, 1.54) is 6.07 Å². The molecule has 2 N–H and O–H groups in total. The first-order chi connectivity index (χ1) is 8.97. The average Bonchev–Trinajstić information content (AvgIpc) is 2.33. The van der Waals surface area contributed by atoms with Gasteiger partial charge in [-0.15, -0.1) is 0 Å². The molecule has 1 aromatic carbocycles. The van der Waals surface area contributed by atoms with Crippen LogP contribution in [0.2, 0.25) is 0 Å². The molecule has 0 aliphatic heterocycles. The number of hydrogen-bond acceptors (Lipinski definition) is 3. The predicted octanol–water partition coefficient (Wildman–Crippen LogP) is 2.62. The Bertz CT molecular complexity index is 391. The molecule has 0 fully saturated rings. The fourth-order valence-corrected chi connectivity index (χ4v) is 2.20. The highest BCUT2D eigenvalue weighted by Crippen LogP contribution is 2.28. The maximum atomic E-state index is 14.0. The van der Waals surface area contributed by atoms with Crippen molar-refractivity contribution in [3.05, 3.63) is 29.6 Å². The Morgan fingerprint density at radius 2 is 1.89 bits per heavy atom. The number of benzene rings is 1. The van der Waals surface area contributed by atoms with Gasteiger partial charge in [-0.3, -0.25) is 0 Å². The summed E-state index contributed by atoms with van der Waals surface area (Å²) in [7, 11) is 4.09. The zero-order valence-electron chi connectivity index (χ0n) is 12.5. The van der Waals surface area contributed by atoms with Crippen LogP contribution in [-0.2, 0) is 0 Å². The molecule has 1 atom stereocenters. The van der Waals surface area contributed by atoms with Crippen molar-refractivity contribution in [3.8, 4) is 0 Å². The second-order valence-electron chi connectivity index (χ2n) is 5.25. The first-order valence-corrected chi connectivity index (χ1v) is 6.91. The minimum atomic E-state index is -0.296. The van der Waals surface area contributed by atoms with Gasteiger partial charge in [0.15, 0.2) is 0 Å². The van der Waals surface area contributed by atoms with Crippen LogP contribution in [0.15, 0.2) is 18.2 Å². The van der Waals surface area contributed by atoms with Gasteiger partial charge in [0, 0.05) is 36.9 Å². The van der Waals surface area contributed by atoms with Gasteiger partial charge < -0.3 is 15.5 Å². The molecule has 0 amide bonds. The van der Waals surface area contributed by atoms with Gasteiger partial charge >= 0.3 is 0 Å². The molecule has 0 aliphatic carbocycles. The standard InChI is InChI=1S/C15H26FN3/c1-5-9-19(11-10-18(3)4)14-8-6-7-13(16)15(14)12(2)17/h6-8,12H,5,9-11,17H2,1-4H3. The summed E-state index contributed by atoms with van der Waals surface area (Å²) in [5, 5.41) is 0. The van der Waals surface area contributed by atoms with Gasteiger partial charge in [0.2, 0.25) is 0 Å². The Labute approximate surface area is 116 Å². The lowest BCUT2D eigenvalue weighted by Crippen LogP contribution is -2.33. The van der Waals surface area contributed by atoms with E-state index in [2.05, 4.69) is 16.7 Å². The summed E-state index contributed by atoms with van der Waals surface area (Å²) in [5.41, 5.74) is 7.48. The van der Waals surface area contributed by atoms with Crippen LogP contribution < -0.4 is 10.6 Å². The molecule has 0 spiro atoms. The van der Waals surface area contributed by atoms with Gasteiger partial charge in [-0.2, -0.15) is 0 Å². The molecule has 1 unspecified atom stereocenters. The maximum Gasteiger partial charge on any atom is 0.130 e. The first kappa shape index (κ1) is 15.9. The molecule has 0 bridgehead atoms. The normalized spacial score (nSPS) is 12.8. The van der Waals surface area contributed by atoms with Crippen LogP contribution in [0.25, 0.3) is 0 Å². The van der Waals surface area contributed by atoms with E-state index in [9.17, 15) is 4.39 Å². The van der Waals surface area contributed by atoms with Crippen LogP contribution in [0.1, 0.15) is 31.9 Å². The predicted molar refractivity (Wildman–Crippen MR) is 80.1 cm³/mol. The van der Waals surface area contributed by atoms with Crippen LogP contribution >= 0.6 is 0 Å². The Morgan fingerprint density at radius 1 is 1.21 bits per heavy atom. The third-order valence-electron chi connectivity index (χ3n) is 3.14. The highest BCUT2D eigenvalue weighted by Gasteiger charge is 2.17. The molecule has 0 heterocycles. The summed E-state index contributed by atoms with van der Waals surface area (Å²) < 4.78 is 14.0. The zero-order valence-corrected chi connectivity index (χ0v) is 12.5. The number of rotatable bonds is 7. The van der Waals surface area contributed by atoms with Gasteiger partial charge in [-0.05, 0) is 39.6 Å². The lowest BCUT2D eigenvalue weighted by molar-refractivity contribution is 0.412. The number of anilines is 1. The Morgan fingerprint density at radius 3 is 2.42 bits per heavy atom. The fraction of sp³-hybridized carbons (Fsp3) is 0.600. The molecule has 0 saturated heterocycles. The van der Waals surface area contributed by atoms with Crippen molar-refractivity contribution in [1.29, 1.82) is 0 Å². The molecule has 1 aromatic rings. The Balaban J connectivity index is 3.04. The second kappa shape index (κ2) is 7.46. The lowest BCUT2D eigenvalue weighted by atomic mass is 10.0. The molecule has 0 aromatic heterocycles. The van der Waals surface area contributed by atoms with Crippen LogP contribution in [-0.4, -0.2) is 38.6 Å². The van der Waals surface area contributed by atoms with Crippen molar-refractivity contribution < 1.29 is 4.39 Å². The second-order valence-corrected chi connectivity index (χ2v) is 5.25. The minimum absolute atomic E-state index is 0.210. The van der Waals surface area contributed by atoms with Crippen LogP contribution in [0.3, 0.4) is 0 Å². The monoisotopic (exact) mass is 267 g/mol. The van der Waals surface area contributed by atoms with Gasteiger partial charge in [-0.1, -0.05) is 13.0 Å². The van der Waals surface area contributed by atoms with E-state index in [1.807, 2.05) is 27.1 Å². The van der Waals surface area contributed by atoms with E-state index in [1.54, 1.807) is 6.07 Å². The largest absolute Gasteiger partial charge is 0.370 e. The first-order valence-electron chi connectivity index (χ1n) is 6.91. The highest BCUT2D eigenvalue weighted by molar-refractivity contribution is 5.55. The molecule has 1 rings (SSSR count). The highest BCUT2D eigenvalue weighted by atomic mass is 19.1. The third kappa shape index (κ3) is 4.48. The zero-order chi connectivity index (χ0) is 14.4. The van der Waals surface area contributed by atoms with Gasteiger partial charge in [0.05, 0.1) is 0 Å². The number of halogens is 1. The van der Waals surface area contributed by atoms with E-state index in [4.69, 9.17) is 5.73 Å². The lowest BCUT2D eigenvalue weighted by Gasteiger charge is -2.29. The SMILES string of the molecule is CCCN(CCN(C)C)c1cccc(F)c1C(C)N. The molecule has 0 saturated carbocycles. The van der Waals surface area contributed by atoms with E-state index in [0.717, 1.165) is 31.7 Å². The van der Waals surface area contributed by atoms with E-state index < -0.39 is 0 Å². The molecule has 4 heteroatoms. The third-order valence-corrected chi connectivity index (χ3v) is 3.14. The smallest absolute Gasteiger partial charge is 0.130 e. The van der Waals surface area contributed by atoms with Gasteiger partial charge in [0.25, 0.3) is 0 Å². The maximum absolute atomic E-state index is 14.0. The summed E-state index contributed by atoms with van der Waals surface area (Å²) in [6, 6.07) is 4.91. The van der Waals surface area contributed by atoms with E-state index in [0.29, 0.717) is 5.56 Å². The quantitative estimate of drug-likeness (QED) is 0.824. The summed E-state index contributed by atoms with van der Waals surface area (Å²) >= 11 is 0. The summed E-state index contributed by atoms with van der Waals surface area (Å²) in [5.74, 6) is -0.210. The number of nitrogens with zero attached hydrogens (tertiary/aromatic N) is 2. The molecule has 3 nitrogen and oxygen atoms in total. The minimum Gasteiger partial charge on any atom is -0.370 e. The van der Waals surface area contributed by atoms with Gasteiger partial charge in [0.1, 0.15) is 5.82 Å². The Hall–Kier alpha value is -1.13. The number of hydrogen-bond donors (Lipinski definition) is 1. The summed E-state index contributed by atoms with van der Waals surface area (Å²) in [6.07, 6.45) is 1.03. The van der Waals surface area contributed by atoms with Crippen LogP contribution in [0, 0.1) is 5.82 Å². The summed E-state index contributed by atoms with van der Waals surface area (Å²) in [6.45, 7) is 6.70. The summed E-state index contributed by atoms with van der Waals surface area (Å²) in [4.78, 5) is 4.36. The average molecular weight is 267 g/mol. The van der Waals surface area contributed by atoms with Gasteiger partial charge in [-0.25, -0.2) is 4.39 Å². The molecular formula is C15H26FN3. The molecule has 19 heavy (non-hydrogen) atoms. The van der Waals surface area contributed by atoms with E-state index >= 15 is 0 Å². The van der Waals surface area contributed by atoms with Crippen molar-refractivity contribution in [2.45, 2.75) is 26.3 Å². The topological polar surface area (TPSA) is 32.5 Å². The molecule has 0 aliphatic rings. The molecule has 0 radical (unpaired) electrons. The molecule has 108 valence electrons. The Kier molecular flexibility index (Phi) is 6.25. The number of likely N-dealkylation sites (N-methyl/N-ethyl adjacent to an activating group) is 1. The molecular weight excluding hydrogens is 241 g/mol. The van der Waals surface area contributed by atoms with Crippen molar-refractivity contribution in [2.75, 3.05) is 38.6 Å². The van der Waals surface area contributed by atoms with Crippen molar-refractivity contribution in [1.82, 2.24) is 4.90 Å². The van der Waals surface area contributed by atoms with Crippen LogP contribution in [0.5, 0.6) is 0 Å². The number of nitrogens with two attached hydrogens (primary N) is 1. The fourth-order valence-electron chi connectivity index (χ4n) is 2.20. The van der Waals surface area contributed by atoms with Crippen molar-refractivity contribution >= 4 is 5.69 Å². The van der Waals surface area contributed by atoms with E-state index in [-0.39, 0.29) is 11.9 Å².